The second kappa shape index (κ2) is 11.8. The maximum absolute atomic E-state index is 15.5. The van der Waals surface area contributed by atoms with Crippen LogP contribution in [0.25, 0.3) is 0 Å². The molecular formula is C29H38FN3O7S. The lowest BCUT2D eigenvalue weighted by atomic mass is 9.84. The number of nitrogens with one attached hydrogen (secondary N) is 1. The Morgan fingerprint density at radius 1 is 1.07 bits per heavy atom. The Balaban J connectivity index is 1.72. The van der Waals surface area contributed by atoms with Crippen molar-refractivity contribution in [3.05, 3.63) is 46.3 Å². The van der Waals surface area contributed by atoms with Gasteiger partial charge in [-0.3, -0.25) is 10.2 Å². The number of anilines is 1. The summed E-state index contributed by atoms with van der Waals surface area (Å²) >= 11 is 0. The lowest BCUT2D eigenvalue weighted by Gasteiger charge is -2.33. The minimum absolute atomic E-state index is 0.0440. The van der Waals surface area contributed by atoms with Gasteiger partial charge in [-0.05, 0) is 43.0 Å². The molecule has 10 nitrogen and oxygen atoms in total. The quantitative estimate of drug-likeness (QED) is 0.322. The summed E-state index contributed by atoms with van der Waals surface area (Å²) in [5.74, 6) is -0.691. The fourth-order valence-corrected chi connectivity index (χ4v) is 5.51. The van der Waals surface area contributed by atoms with Crippen LogP contribution >= 0.6 is 0 Å². The lowest BCUT2D eigenvalue weighted by Crippen LogP contribution is -2.37. The molecule has 2 aromatic rings. The lowest BCUT2D eigenvalue weighted by molar-refractivity contribution is 0.0962. The van der Waals surface area contributed by atoms with Gasteiger partial charge in [0, 0.05) is 30.8 Å². The molecule has 0 aliphatic carbocycles. The van der Waals surface area contributed by atoms with Crippen molar-refractivity contribution in [2.45, 2.75) is 46.6 Å². The van der Waals surface area contributed by atoms with E-state index in [1.807, 2.05) is 25.7 Å². The van der Waals surface area contributed by atoms with E-state index in [9.17, 15) is 13.2 Å². The van der Waals surface area contributed by atoms with Gasteiger partial charge in [0.1, 0.15) is 5.84 Å². The van der Waals surface area contributed by atoms with E-state index >= 15 is 4.39 Å². The van der Waals surface area contributed by atoms with Crippen molar-refractivity contribution in [2.24, 2.45) is 0 Å². The standard InChI is InChI=1S/C29H38FN3O7S/c1-7-38-23-15-19-16-33(28(31)24(19)25(30)27(23)39-8-2)17-22(34)18-13-20(29(3,4)5)26(40-41(6,35)36)21(14-18)32-9-11-37-12-10-32/h13-15,31H,7-12,16-17H2,1-6H3. The van der Waals surface area contributed by atoms with Crippen LogP contribution in [0.3, 0.4) is 0 Å². The second-order valence-corrected chi connectivity index (χ2v) is 12.6. The highest BCUT2D eigenvalue weighted by atomic mass is 32.2. The van der Waals surface area contributed by atoms with Gasteiger partial charge in [0.05, 0.1) is 50.5 Å². The van der Waals surface area contributed by atoms with Crippen LogP contribution in [0.2, 0.25) is 0 Å². The Morgan fingerprint density at radius 3 is 2.32 bits per heavy atom. The molecule has 0 atom stereocenters. The number of hydrogen-bond donors (Lipinski definition) is 1. The topological polar surface area (TPSA) is 118 Å². The number of ketones is 1. The highest BCUT2D eigenvalue weighted by Crippen LogP contribution is 2.42. The average molecular weight is 592 g/mol. The monoisotopic (exact) mass is 591 g/mol. The van der Waals surface area contributed by atoms with E-state index in [-0.39, 0.29) is 54.1 Å². The summed E-state index contributed by atoms with van der Waals surface area (Å²) in [4.78, 5) is 17.2. The third kappa shape index (κ3) is 6.59. The Hall–Kier alpha value is -3.38. The first-order valence-electron chi connectivity index (χ1n) is 13.6. The number of halogens is 1. The second-order valence-electron chi connectivity index (χ2n) is 11.1. The molecule has 2 aliphatic heterocycles. The number of Topliss-reactive ketones (excluding diaryl/α,β-unsaturated/α-hetero) is 1. The summed E-state index contributed by atoms with van der Waals surface area (Å²) < 4.78 is 62.1. The summed E-state index contributed by atoms with van der Waals surface area (Å²) in [6.45, 7) is 11.7. The number of benzene rings is 2. The molecule has 2 aromatic carbocycles. The number of morpholine rings is 1. The number of ether oxygens (including phenoxy) is 3. The van der Waals surface area contributed by atoms with Crippen LogP contribution < -0.4 is 18.6 Å². The van der Waals surface area contributed by atoms with Gasteiger partial charge in [-0.2, -0.15) is 8.42 Å². The van der Waals surface area contributed by atoms with Crippen molar-refractivity contribution in [2.75, 3.05) is 57.2 Å². The molecule has 4 rings (SSSR count). The van der Waals surface area contributed by atoms with Gasteiger partial charge in [-0.15, -0.1) is 0 Å². The van der Waals surface area contributed by atoms with Crippen molar-refractivity contribution < 1.29 is 36.0 Å². The molecule has 2 aliphatic rings. The number of carbonyl (C=O) groups is 1. The van der Waals surface area contributed by atoms with Crippen molar-refractivity contribution in [3.8, 4) is 17.2 Å². The van der Waals surface area contributed by atoms with Crippen LogP contribution in [-0.2, 0) is 26.8 Å². The molecule has 12 heteroatoms. The van der Waals surface area contributed by atoms with E-state index in [2.05, 4.69) is 0 Å². The van der Waals surface area contributed by atoms with Crippen molar-refractivity contribution >= 4 is 27.4 Å². The van der Waals surface area contributed by atoms with Crippen molar-refractivity contribution in [1.82, 2.24) is 4.90 Å². The number of amidine groups is 1. The number of rotatable bonds is 10. The third-order valence-corrected chi connectivity index (χ3v) is 7.36. The Morgan fingerprint density at radius 2 is 1.73 bits per heavy atom. The molecule has 0 amide bonds. The summed E-state index contributed by atoms with van der Waals surface area (Å²) in [6.07, 6.45) is 0.991. The van der Waals surface area contributed by atoms with Crippen LogP contribution in [0.1, 0.15) is 61.7 Å². The summed E-state index contributed by atoms with van der Waals surface area (Å²) in [7, 11) is -3.87. The van der Waals surface area contributed by atoms with Crippen LogP contribution in [0.4, 0.5) is 10.1 Å². The number of fused-ring (bicyclic) bond motifs is 1. The normalized spacial score (nSPS) is 15.6. The van der Waals surface area contributed by atoms with E-state index < -0.39 is 21.4 Å². The number of carbonyl (C=O) groups excluding carboxylic acids is 1. The molecule has 0 spiro atoms. The Kier molecular flexibility index (Phi) is 8.84. The van der Waals surface area contributed by atoms with Gasteiger partial charge in [0.2, 0.25) is 0 Å². The zero-order valence-corrected chi connectivity index (χ0v) is 25.2. The Labute approximate surface area is 241 Å². The third-order valence-electron chi connectivity index (χ3n) is 6.89. The maximum atomic E-state index is 15.5. The molecule has 1 fully saturated rings. The molecule has 0 unspecified atom stereocenters. The van der Waals surface area contributed by atoms with Gasteiger partial charge >= 0.3 is 10.1 Å². The minimum Gasteiger partial charge on any atom is -0.490 e. The van der Waals surface area contributed by atoms with E-state index in [4.69, 9.17) is 23.8 Å². The largest absolute Gasteiger partial charge is 0.490 e. The number of nitrogens with zero attached hydrogens (tertiary/aromatic N) is 2. The highest BCUT2D eigenvalue weighted by molar-refractivity contribution is 7.86. The van der Waals surface area contributed by atoms with Crippen LogP contribution in [0, 0.1) is 11.2 Å². The van der Waals surface area contributed by atoms with Crippen LogP contribution in [0.15, 0.2) is 18.2 Å². The molecule has 0 bridgehead atoms. The van der Waals surface area contributed by atoms with Gasteiger partial charge in [-0.25, -0.2) is 4.39 Å². The smallest absolute Gasteiger partial charge is 0.306 e. The predicted octanol–water partition coefficient (Wildman–Crippen LogP) is 4.12. The fraction of sp³-hybridized carbons (Fsp3) is 0.517. The summed E-state index contributed by atoms with van der Waals surface area (Å²) in [5.41, 5.74) is 1.44. The zero-order chi connectivity index (χ0) is 30.1. The Bertz CT molecular complexity index is 1450. The summed E-state index contributed by atoms with van der Waals surface area (Å²) in [5, 5.41) is 8.69. The maximum Gasteiger partial charge on any atom is 0.306 e. The average Bonchev–Trinajstić information content (AvgIpc) is 3.20. The molecule has 0 saturated carbocycles. The van der Waals surface area contributed by atoms with Crippen LogP contribution in [-0.4, -0.2) is 77.3 Å². The van der Waals surface area contributed by atoms with Gasteiger partial charge in [0.25, 0.3) is 0 Å². The molecule has 1 saturated heterocycles. The summed E-state index contributed by atoms with van der Waals surface area (Å²) in [6, 6.07) is 4.95. The molecule has 224 valence electrons. The van der Waals surface area contributed by atoms with E-state index in [0.29, 0.717) is 55.3 Å². The molecule has 0 aromatic heterocycles. The first-order valence-corrected chi connectivity index (χ1v) is 15.5. The highest BCUT2D eigenvalue weighted by Gasteiger charge is 2.34. The molecular weight excluding hydrogens is 553 g/mol. The van der Waals surface area contributed by atoms with Crippen molar-refractivity contribution in [1.29, 1.82) is 5.41 Å². The molecule has 1 N–H and O–H groups in total. The minimum atomic E-state index is -3.87. The van der Waals surface area contributed by atoms with Gasteiger partial charge < -0.3 is 28.2 Å². The first-order chi connectivity index (χ1) is 19.2. The molecule has 2 heterocycles. The van der Waals surface area contributed by atoms with Crippen LogP contribution in [0.5, 0.6) is 17.2 Å². The van der Waals surface area contributed by atoms with Gasteiger partial charge in [0.15, 0.2) is 28.8 Å². The predicted molar refractivity (Wildman–Crippen MR) is 154 cm³/mol. The van der Waals surface area contributed by atoms with E-state index in [1.54, 1.807) is 32.0 Å². The van der Waals surface area contributed by atoms with Crippen molar-refractivity contribution in [3.63, 3.8) is 0 Å². The van der Waals surface area contributed by atoms with E-state index in [1.165, 1.54) is 4.90 Å². The molecule has 0 radical (unpaired) electrons. The molecule has 41 heavy (non-hydrogen) atoms. The zero-order valence-electron chi connectivity index (χ0n) is 24.4. The fourth-order valence-electron chi connectivity index (χ4n) is 5.03. The number of hydrogen-bond acceptors (Lipinski definition) is 9. The SMILES string of the molecule is CCOc1cc2c(c(F)c1OCC)C(=N)N(CC(=O)c1cc(N3CCOCC3)c(OS(C)(=O)=O)c(C(C)(C)C)c1)C2. The van der Waals surface area contributed by atoms with Gasteiger partial charge in [-0.1, -0.05) is 20.8 Å². The first kappa shape index (κ1) is 30.6. The van der Waals surface area contributed by atoms with E-state index in [0.717, 1.165) is 6.26 Å².